The van der Waals surface area contributed by atoms with Gasteiger partial charge in [0.2, 0.25) is 0 Å². The lowest BCUT2D eigenvalue weighted by Gasteiger charge is -2.11. The second kappa shape index (κ2) is 7.35. The first kappa shape index (κ1) is 17.1. The van der Waals surface area contributed by atoms with Crippen LogP contribution < -0.4 is 10.3 Å². The van der Waals surface area contributed by atoms with Crippen molar-refractivity contribution in [2.24, 2.45) is 0 Å². The third kappa shape index (κ3) is 5.16. The molecule has 23 heavy (non-hydrogen) atoms. The minimum atomic E-state index is -4.44. The lowest BCUT2D eigenvalue weighted by Crippen LogP contribution is -2.21. The monoisotopic (exact) mass is 325 g/mol. The van der Waals surface area contributed by atoms with Crippen LogP contribution in [0.25, 0.3) is 0 Å². The number of aryl methyl sites for hydroxylation is 2. The zero-order chi connectivity index (χ0) is 16.9. The largest absolute Gasteiger partial charge is 0.494 e. The molecule has 0 saturated heterocycles. The highest BCUT2D eigenvalue weighted by molar-refractivity contribution is 5.27. The van der Waals surface area contributed by atoms with Gasteiger partial charge in [-0.2, -0.15) is 13.2 Å². The third-order valence-corrected chi connectivity index (χ3v) is 3.36. The highest BCUT2D eigenvalue weighted by atomic mass is 19.4. The molecule has 0 bridgehead atoms. The maximum Gasteiger partial charge on any atom is 0.417 e. The highest BCUT2D eigenvalue weighted by Crippen LogP contribution is 2.28. The van der Waals surface area contributed by atoms with E-state index in [4.69, 9.17) is 4.74 Å². The normalized spacial score (nSPS) is 11.5. The van der Waals surface area contributed by atoms with Crippen LogP contribution in [-0.4, -0.2) is 11.2 Å². The van der Waals surface area contributed by atoms with E-state index < -0.39 is 17.3 Å². The van der Waals surface area contributed by atoms with Gasteiger partial charge >= 0.3 is 6.18 Å². The van der Waals surface area contributed by atoms with Crippen molar-refractivity contribution in [3.8, 4) is 5.75 Å². The van der Waals surface area contributed by atoms with E-state index in [2.05, 4.69) is 0 Å². The maximum absolute atomic E-state index is 12.6. The molecule has 0 N–H and O–H groups in total. The van der Waals surface area contributed by atoms with Gasteiger partial charge in [0.15, 0.2) is 0 Å². The number of unbranched alkanes of at least 4 members (excludes halogenated alkanes) is 1. The van der Waals surface area contributed by atoms with Gasteiger partial charge < -0.3 is 9.30 Å². The molecule has 0 saturated carbocycles. The van der Waals surface area contributed by atoms with E-state index in [-0.39, 0.29) is 6.54 Å². The summed E-state index contributed by atoms with van der Waals surface area (Å²) < 4.78 is 44.5. The average molecular weight is 325 g/mol. The number of aromatic nitrogens is 1. The number of ether oxygens (including phenoxy) is 1. The van der Waals surface area contributed by atoms with E-state index in [1.54, 1.807) is 0 Å². The van der Waals surface area contributed by atoms with Gasteiger partial charge in [-0.25, -0.2) is 0 Å². The van der Waals surface area contributed by atoms with Crippen molar-refractivity contribution in [2.45, 2.75) is 32.5 Å². The average Bonchev–Trinajstić information content (AvgIpc) is 2.47. The fourth-order valence-electron chi connectivity index (χ4n) is 2.15. The molecule has 0 amide bonds. The molecule has 124 valence electrons. The molecular formula is C17H18F3NO2. The number of rotatable bonds is 6. The number of nitrogens with zero attached hydrogens (tertiary/aromatic N) is 1. The number of pyridine rings is 1. The van der Waals surface area contributed by atoms with Crippen molar-refractivity contribution < 1.29 is 17.9 Å². The van der Waals surface area contributed by atoms with Gasteiger partial charge in [-0.05, 0) is 43.5 Å². The summed E-state index contributed by atoms with van der Waals surface area (Å²) in [5.41, 5.74) is -0.149. The summed E-state index contributed by atoms with van der Waals surface area (Å²) in [6, 6.07) is 9.38. The fraction of sp³-hybridized carbons (Fsp3) is 0.353. The van der Waals surface area contributed by atoms with E-state index in [9.17, 15) is 18.0 Å². The molecule has 0 atom stereocenters. The first-order chi connectivity index (χ1) is 10.9. The van der Waals surface area contributed by atoms with Crippen molar-refractivity contribution >= 4 is 0 Å². The molecule has 0 aliphatic carbocycles. The van der Waals surface area contributed by atoms with Gasteiger partial charge in [-0.1, -0.05) is 12.1 Å². The predicted molar refractivity (Wildman–Crippen MR) is 81.6 cm³/mol. The lowest BCUT2D eigenvalue weighted by atomic mass is 10.2. The summed E-state index contributed by atoms with van der Waals surface area (Å²) in [4.78, 5) is 11.6. The summed E-state index contributed by atoms with van der Waals surface area (Å²) in [5, 5.41) is 0. The molecule has 0 aliphatic heterocycles. The molecule has 6 heteroatoms. The first-order valence-corrected chi connectivity index (χ1v) is 7.33. The Kier molecular flexibility index (Phi) is 5.47. The molecule has 3 nitrogen and oxygen atoms in total. The first-order valence-electron chi connectivity index (χ1n) is 7.33. The summed E-state index contributed by atoms with van der Waals surface area (Å²) in [6.45, 7) is 2.66. The van der Waals surface area contributed by atoms with Crippen molar-refractivity contribution in [2.75, 3.05) is 6.61 Å². The molecular weight excluding hydrogens is 307 g/mol. The fourth-order valence-corrected chi connectivity index (χ4v) is 2.15. The molecule has 2 rings (SSSR count). The van der Waals surface area contributed by atoms with E-state index in [0.717, 1.165) is 34.2 Å². The van der Waals surface area contributed by atoms with Crippen LogP contribution in [0, 0.1) is 6.92 Å². The van der Waals surface area contributed by atoms with Crippen LogP contribution in [0.5, 0.6) is 5.75 Å². The van der Waals surface area contributed by atoms with Gasteiger partial charge in [0.25, 0.3) is 5.56 Å². The number of benzene rings is 1. The number of hydrogen-bond acceptors (Lipinski definition) is 2. The summed E-state index contributed by atoms with van der Waals surface area (Å²) in [5.74, 6) is 0.765. The number of hydrogen-bond donors (Lipinski definition) is 0. The van der Waals surface area contributed by atoms with Crippen LogP contribution in [0.3, 0.4) is 0 Å². The predicted octanol–water partition coefficient (Wildman–Crippen LogP) is 4.03. The second-order valence-electron chi connectivity index (χ2n) is 5.32. The number of halogens is 3. The van der Waals surface area contributed by atoms with Gasteiger partial charge in [0.1, 0.15) is 5.75 Å². The van der Waals surface area contributed by atoms with Crippen LogP contribution in [0.1, 0.15) is 24.0 Å². The molecule has 0 radical (unpaired) electrons. The standard InChI is InChI=1S/C17H18F3NO2/c1-13-5-4-6-15(11-13)23-10-3-2-9-21-12-14(17(18,19)20)7-8-16(21)22/h4-8,11-12H,2-3,9-10H2,1H3. The van der Waals surface area contributed by atoms with Crippen LogP contribution in [0.2, 0.25) is 0 Å². The van der Waals surface area contributed by atoms with Crippen LogP contribution in [0.15, 0.2) is 47.4 Å². The Hall–Kier alpha value is -2.24. The molecule has 0 spiro atoms. The Balaban J connectivity index is 1.83. The quantitative estimate of drug-likeness (QED) is 0.751. The van der Waals surface area contributed by atoms with Gasteiger partial charge in [0, 0.05) is 18.8 Å². The van der Waals surface area contributed by atoms with E-state index in [0.29, 0.717) is 19.4 Å². The Bertz CT molecular complexity index is 707. The maximum atomic E-state index is 12.6. The summed E-state index contributed by atoms with van der Waals surface area (Å²) in [7, 11) is 0. The zero-order valence-electron chi connectivity index (χ0n) is 12.8. The van der Waals surface area contributed by atoms with Gasteiger partial charge in [-0.3, -0.25) is 4.79 Å². The SMILES string of the molecule is Cc1cccc(OCCCCn2cc(C(F)(F)F)ccc2=O)c1. The smallest absolute Gasteiger partial charge is 0.417 e. The molecule has 0 aliphatic rings. The second-order valence-corrected chi connectivity index (χ2v) is 5.32. The number of alkyl halides is 3. The molecule has 1 heterocycles. The van der Waals surface area contributed by atoms with Gasteiger partial charge in [-0.15, -0.1) is 0 Å². The minimum Gasteiger partial charge on any atom is -0.494 e. The van der Waals surface area contributed by atoms with Crippen LogP contribution >= 0.6 is 0 Å². The Morgan fingerprint density at radius 3 is 2.61 bits per heavy atom. The highest BCUT2D eigenvalue weighted by Gasteiger charge is 2.30. The Morgan fingerprint density at radius 1 is 1.13 bits per heavy atom. The molecule has 0 unspecified atom stereocenters. The van der Waals surface area contributed by atoms with Crippen LogP contribution in [0.4, 0.5) is 13.2 Å². The van der Waals surface area contributed by atoms with E-state index >= 15 is 0 Å². The van der Waals surface area contributed by atoms with Crippen molar-refractivity contribution in [1.82, 2.24) is 4.57 Å². The Labute approximate surface area is 132 Å². The molecule has 0 fully saturated rings. The zero-order valence-corrected chi connectivity index (χ0v) is 12.8. The molecule has 1 aromatic heterocycles. The van der Waals surface area contributed by atoms with Crippen LogP contribution in [-0.2, 0) is 12.7 Å². The topological polar surface area (TPSA) is 31.2 Å². The minimum absolute atomic E-state index is 0.236. The van der Waals surface area contributed by atoms with E-state index in [1.807, 2.05) is 31.2 Å². The Morgan fingerprint density at radius 2 is 1.91 bits per heavy atom. The lowest BCUT2D eigenvalue weighted by molar-refractivity contribution is -0.138. The molecule has 1 aromatic carbocycles. The molecule has 2 aromatic rings. The van der Waals surface area contributed by atoms with E-state index in [1.165, 1.54) is 0 Å². The summed E-state index contributed by atoms with van der Waals surface area (Å²) in [6.07, 6.45) is -2.36. The van der Waals surface area contributed by atoms with Crippen molar-refractivity contribution in [1.29, 1.82) is 0 Å². The van der Waals surface area contributed by atoms with Crippen molar-refractivity contribution in [3.05, 3.63) is 64.1 Å². The van der Waals surface area contributed by atoms with Gasteiger partial charge in [0.05, 0.1) is 12.2 Å². The van der Waals surface area contributed by atoms with Crippen molar-refractivity contribution in [3.63, 3.8) is 0 Å². The third-order valence-electron chi connectivity index (χ3n) is 3.36. The summed E-state index contributed by atoms with van der Waals surface area (Å²) >= 11 is 0.